The average Bonchev–Trinajstić information content (AvgIpc) is 3.30. The van der Waals surface area contributed by atoms with E-state index in [-0.39, 0.29) is 23.6 Å². The van der Waals surface area contributed by atoms with Crippen LogP contribution in [0.4, 0.5) is 48.2 Å². The molecular weight excluding hydrogens is 490 g/mol. The lowest BCUT2D eigenvalue weighted by molar-refractivity contribution is -0.143. The van der Waals surface area contributed by atoms with Crippen molar-refractivity contribution >= 4 is 29.0 Å². The van der Waals surface area contributed by atoms with Crippen molar-refractivity contribution in [3.8, 4) is 0 Å². The summed E-state index contributed by atoms with van der Waals surface area (Å²) in [7, 11) is 0. The summed E-state index contributed by atoms with van der Waals surface area (Å²) in [4.78, 5) is 27.3. The smallest absolute Gasteiger partial charge is 0.371 e. The molecule has 0 spiro atoms. The normalized spacial score (nSPS) is 14.2. The van der Waals surface area contributed by atoms with Gasteiger partial charge in [-0.1, -0.05) is 13.8 Å². The third-order valence-corrected chi connectivity index (χ3v) is 5.46. The molecule has 3 rings (SSSR count). The molecule has 0 atom stereocenters. The Bertz CT molecular complexity index is 1080. The van der Waals surface area contributed by atoms with Gasteiger partial charge in [0, 0.05) is 36.7 Å². The topological polar surface area (TPSA) is 73.5 Å². The van der Waals surface area contributed by atoms with Crippen LogP contribution in [0.15, 0.2) is 36.4 Å². The average molecular weight is 516 g/mol. The first-order valence-corrected chi connectivity index (χ1v) is 11.3. The fourth-order valence-corrected chi connectivity index (χ4v) is 3.74. The molecule has 0 bridgehead atoms. The van der Waals surface area contributed by atoms with Crippen LogP contribution in [0.25, 0.3) is 0 Å². The van der Waals surface area contributed by atoms with E-state index in [4.69, 9.17) is 0 Å². The summed E-state index contributed by atoms with van der Waals surface area (Å²) in [6.07, 6.45) is -8.16. The van der Waals surface area contributed by atoms with Crippen molar-refractivity contribution in [1.29, 1.82) is 0 Å². The van der Waals surface area contributed by atoms with Gasteiger partial charge in [0.25, 0.3) is 5.91 Å². The molecule has 3 amide bonds. The van der Waals surface area contributed by atoms with E-state index in [1.54, 1.807) is 6.07 Å². The summed E-state index contributed by atoms with van der Waals surface area (Å²) in [5, 5.41) is 7.20. The van der Waals surface area contributed by atoms with Crippen LogP contribution < -0.4 is 20.9 Å². The lowest BCUT2D eigenvalue weighted by Crippen LogP contribution is -2.30. The highest BCUT2D eigenvalue weighted by Crippen LogP contribution is 2.37. The van der Waals surface area contributed by atoms with Gasteiger partial charge in [0.1, 0.15) is 0 Å². The van der Waals surface area contributed by atoms with Gasteiger partial charge < -0.3 is 20.9 Å². The lowest BCUT2D eigenvalue weighted by Gasteiger charge is -2.22. The van der Waals surface area contributed by atoms with Gasteiger partial charge in [0.15, 0.2) is 0 Å². The fourth-order valence-electron chi connectivity index (χ4n) is 3.74. The van der Waals surface area contributed by atoms with Crippen LogP contribution in [-0.2, 0) is 12.4 Å². The molecule has 0 unspecified atom stereocenters. The predicted octanol–water partition coefficient (Wildman–Crippen LogP) is 6.35. The number of benzene rings is 2. The highest BCUT2D eigenvalue weighted by atomic mass is 19.4. The lowest BCUT2D eigenvalue weighted by atomic mass is 10.1. The highest BCUT2D eigenvalue weighted by molar-refractivity contribution is 6.04. The molecule has 2 aromatic rings. The maximum atomic E-state index is 13.1. The van der Waals surface area contributed by atoms with Crippen LogP contribution in [0.3, 0.4) is 0 Å². The van der Waals surface area contributed by atoms with Crippen LogP contribution in [0, 0.1) is 5.92 Å². The Labute approximate surface area is 204 Å². The summed E-state index contributed by atoms with van der Waals surface area (Å²) >= 11 is 0. The number of nitrogens with one attached hydrogen (secondary N) is 3. The van der Waals surface area contributed by atoms with E-state index >= 15 is 0 Å². The minimum Gasteiger partial charge on any atom is -0.371 e. The number of amides is 3. The van der Waals surface area contributed by atoms with E-state index in [1.165, 1.54) is 12.1 Å². The van der Waals surface area contributed by atoms with Gasteiger partial charge in [-0.05, 0) is 55.2 Å². The Balaban J connectivity index is 1.84. The zero-order valence-electron chi connectivity index (χ0n) is 19.6. The van der Waals surface area contributed by atoms with E-state index in [0.717, 1.165) is 25.9 Å². The van der Waals surface area contributed by atoms with E-state index in [9.17, 15) is 35.9 Å². The number of hydrogen-bond donors (Lipinski definition) is 3. The minimum absolute atomic E-state index is 0.0256. The van der Waals surface area contributed by atoms with Crippen LogP contribution in [0.1, 0.15) is 48.2 Å². The van der Waals surface area contributed by atoms with Crippen molar-refractivity contribution in [3.63, 3.8) is 0 Å². The van der Waals surface area contributed by atoms with Crippen molar-refractivity contribution < 1.29 is 35.9 Å². The highest BCUT2D eigenvalue weighted by Gasteiger charge is 2.37. The molecule has 0 radical (unpaired) electrons. The molecule has 1 saturated heterocycles. The molecule has 36 heavy (non-hydrogen) atoms. The first-order chi connectivity index (χ1) is 16.7. The number of urea groups is 1. The zero-order chi connectivity index (χ0) is 26.7. The Morgan fingerprint density at radius 1 is 0.861 bits per heavy atom. The van der Waals surface area contributed by atoms with E-state index in [0.29, 0.717) is 29.9 Å². The third-order valence-electron chi connectivity index (χ3n) is 5.46. The summed E-state index contributed by atoms with van der Waals surface area (Å²) < 4.78 is 78.5. The van der Waals surface area contributed by atoms with Crippen LogP contribution in [0.5, 0.6) is 0 Å². The summed E-state index contributed by atoms with van der Waals surface area (Å²) in [6.45, 7) is 5.81. The number of carbonyl (C=O) groups excluding carboxylic acids is 2. The molecule has 0 saturated carbocycles. The second kappa shape index (κ2) is 10.7. The number of halogens is 6. The van der Waals surface area contributed by atoms with Crippen LogP contribution >= 0.6 is 0 Å². The molecule has 1 aliphatic rings. The molecule has 0 aromatic heterocycles. The van der Waals surface area contributed by atoms with Crippen molar-refractivity contribution in [2.45, 2.75) is 39.0 Å². The Morgan fingerprint density at radius 2 is 1.42 bits per heavy atom. The molecule has 3 N–H and O–H groups in total. The quantitative estimate of drug-likeness (QED) is 0.392. The van der Waals surface area contributed by atoms with Crippen molar-refractivity contribution in [3.05, 3.63) is 53.1 Å². The van der Waals surface area contributed by atoms with Gasteiger partial charge in [-0.2, -0.15) is 26.3 Å². The van der Waals surface area contributed by atoms with Gasteiger partial charge in [-0.15, -0.1) is 0 Å². The maximum Gasteiger partial charge on any atom is 0.416 e. The second-order valence-corrected chi connectivity index (χ2v) is 8.90. The number of rotatable bonds is 6. The first-order valence-electron chi connectivity index (χ1n) is 11.3. The van der Waals surface area contributed by atoms with Gasteiger partial charge in [0.2, 0.25) is 0 Å². The van der Waals surface area contributed by atoms with Gasteiger partial charge in [-0.25, -0.2) is 4.79 Å². The molecule has 196 valence electrons. The maximum absolute atomic E-state index is 13.1. The largest absolute Gasteiger partial charge is 0.416 e. The number of nitrogens with zero attached hydrogens (tertiary/aromatic N) is 1. The van der Waals surface area contributed by atoms with Crippen LogP contribution in [-0.4, -0.2) is 31.6 Å². The summed E-state index contributed by atoms with van der Waals surface area (Å²) in [5.41, 5.74) is -2.66. The van der Waals surface area contributed by atoms with E-state index in [1.807, 2.05) is 24.1 Å². The number of alkyl halides is 6. The predicted molar refractivity (Wildman–Crippen MR) is 124 cm³/mol. The Kier molecular flexibility index (Phi) is 8.05. The minimum atomic E-state index is -5.04. The molecule has 2 aromatic carbocycles. The monoisotopic (exact) mass is 516 g/mol. The van der Waals surface area contributed by atoms with Crippen molar-refractivity contribution in [2.75, 3.05) is 35.2 Å². The Hall–Kier alpha value is -3.44. The fraction of sp³-hybridized carbons (Fsp3) is 0.417. The van der Waals surface area contributed by atoms with Crippen LogP contribution in [0.2, 0.25) is 0 Å². The second-order valence-electron chi connectivity index (χ2n) is 8.90. The molecule has 0 aliphatic carbocycles. The molecular formula is C24H26F6N4O2. The first kappa shape index (κ1) is 27.2. The molecule has 1 heterocycles. The number of hydrogen-bond acceptors (Lipinski definition) is 3. The number of anilines is 3. The zero-order valence-corrected chi connectivity index (χ0v) is 19.6. The van der Waals surface area contributed by atoms with E-state index in [2.05, 4.69) is 10.6 Å². The van der Waals surface area contributed by atoms with Crippen molar-refractivity contribution in [2.24, 2.45) is 5.92 Å². The van der Waals surface area contributed by atoms with Gasteiger partial charge >= 0.3 is 18.4 Å². The summed E-state index contributed by atoms with van der Waals surface area (Å²) in [5.74, 6) is -0.160. The SMILES string of the molecule is CC(C)CNC(=O)c1cc(NC(=O)Nc2cc(C(F)(F)F)cc(C(F)(F)F)c2)ccc1N1CCCC1. The van der Waals surface area contributed by atoms with E-state index < -0.39 is 35.2 Å². The molecule has 6 nitrogen and oxygen atoms in total. The van der Waals surface area contributed by atoms with Gasteiger partial charge in [-0.3, -0.25) is 4.79 Å². The number of carbonyl (C=O) groups is 2. The molecule has 1 aliphatic heterocycles. The Morgan fingerprint density at radius 3 is 1.94 bits per heavy atom. The summed E-state index contributed by atoms with van der Waals surface area (Å²) in [6, 6.07) is 4.33. The van der Waals surface area contributed by atoms with Gasteiger partial charge in [0.05, 0.1) is 16.7 Å². The van der Waals surface area contributed by atoms with Crippen molar-refractivity contribution in [1.82, 2.24) is 5.32 Å². The molecule has 1 fully saturated rings. The third kappa shape index (κ3) is 7.05. The standard InChI is InChI=1S/C24H26F6N4O2/c1-14(2)13-31-21(35)19-12-17(5-6-20(19)34-7-3-4-8-34)32-22(36)33-18-10-15(23(25,26)27)9-16(11-18)24(28,29)30/h5-6,9-12,14H,3-4,7-8,13H2,1-2H3,(H,31,35)(H2,32,33,36). The molecule has 12 heteroatoms.